The Balaban J connectivity index is 0.000000184. The van der Waals surface area contributed by atoms with Crippen LogP contribution in [0.25, 0.3) is 0 Å². The summed E-state index contributed by atoms with van der Waals surface area (Å²) in [6.45, 7) is 0. The molecule has 0 heterocycles. The molecule has 0 aliphatic carbocycles. The van der Waals surface area contributed by atoms with Crippen molar-refractivity contribution in [3.63, 3.8) is 0 Å². The molecule has 0 radical (unpaired) electrons. The van der Waals surface area contributed by atoms with Gasteiger partial charge in [0.1, 0.15) is 11.5 Å². The predicted molar refractivity (Wildman–Crippen MR) is 67.3 cm³/mol. The largest absolute Gasteiger partial charge is 0.508 e. The highest BCUT2D eigenvalue weighted by atomic mass is 16.6. The summed E-state index contributed by atoms with van der Waals surface area (Å²) in [5, 5.41) is 27.6. The predicted octanol–water partition coefficient (Wildman–Crippen LogP) is 2.27. The van der Waals surface area contributed by atoms with Gasteiger partial charge in [-0.1, -0.05) is 18.2 Å². The Morgan fingerprint density at radius 3 is 2.11 bits per heavy atom. The number of aromatic hydroxyl groups is 2. The number of anilines is 1. The normalized spacial score (nSPS) is 9.11. The fourth-order valence-electron chi connectivity index (χ4n) is 1.09. The molecule has 0 unspecified atom stereocenters. The highest BCUT2D eigenvalue weighted by Gasteiger charge is 2.03. The first-order chi connectivity index (χ1) is 8.50. The van der Waals surface area contributed by atoms with E-state index in [1.165, 1.54) is 18.2 Å². The number of nitrogens with two attached hydrogens (primary N) is 1. The molecule has 0 fully saturated rings. The number of benzene rings is 2. The van der Waals surface area contributed by atoms with Crippen LogP contribution in [-0.4, -0.2) is 15.1 Å². The summed E-state index contributed by atoms with van der Waals surface area (Å²) in [6, 6.07) is 11.9. The van der Waals surface area contributed by atoms with Gasteiger partial charge in [-0.15, -0.1) is 0 Å². The van der Waals surface area contributed by atoms with Gasteiger partial charge in [-0.25, -0.2) is 0 Å². The SMILES string of the molecule is Nc1ccccc1O.O=[N+]([O-])c1cccc(O)c1. The Morgan fingerprint density at radius 1 is 1.06 bits per heavy atom. The quantitative estimate of drug-likeness (QED) is 0.310. The highest BCUT2D eigenvalue weighted by Crippen LogP contribution is 2.17. The van der Waals surface area contributed by atoms with Crippen molar-refractivity contribution in [1.29, 1.82) is 0 Å². The third-order valence-electron chi connectivity index (χ3n) is 1.98. The number of nitro benzene ring substituents is 1. The van der Waals surface area contributed by atoms with Crippen molar-refractivity contribution in [2.45, 2.75) is 0 Å². The summed E-state index contributed by atoms with van der Waals surface area (Å²) in [5.41, 5.74) is 5.60. The van der Waals surface area contributed by atoms with E-state index in [2.05, 4.69) is 0 Å². The van der Waals surface area contributed by atoms with Gasteiger partial charge in [0.25, 0.3) is 5.69 Å². The maximum atomic E-state index is 10.0. The van der Waals surface area contributed by atoms with Crippen LogP contribution in [0.5, 0.6) is 11.5 Å². The van der Waals surface area contributed by atoms with Crippen LogP contribution >= 0.6 is 0 Å². The fraction of sp³-hybridized carbons (Fsp3) is 0. The van der Waals surface area contributed by atoms with Crippen LogP contribution in [-0.2, 0) is 0 Å². The Kier molecular flexibility index (Phi) is 4.50. The molecule has 0 aromatic heterocycles. The maximum absolute atomic E-state index is 10.0. The van der Waals surface area contributed by atoms with Gasteiger partial charge in [0, 0.05) is 6.07 Å². The second-order valence-corrected chi connectivity index (χ2v) is 3.34. The van der Waals surface area contributed by atoms with Gasteiger partial charge in [-0.05, 0) is 18.2 Å². The van der Waals surface area contributed by atoms with Crippen molar-refractivity contribution in [2.75, 3.05) is 5.73 Å². The summed E-state index contributed by atoms with van der Waals surface area (Å²) >= 11 is 0. The zero-order chi connectivity index (χ0) is 13.5. The smallest absolute Gasteiger partial charge is 0.273 e. The van der Waals surface area contributed by atoms with Crippen LogP contribution in [0.1, 0.15) is 0 Å². The molecule has 6 nitrogen and oxygen atoms in total. The Labute approximate surface area is 103 Å². The first kappa shape index (κ1) is 13.3. The fourth-order valence-corrected chi connectivity index (χ4v) is 1.09. The van der Waals surface area contributed by atoms with Crippen molar-refractivity contribution in [1.82, 2.24) is 0 Å². The number of rotatable bonds is 1. The molecule has 0 spiro atoms. The minimum Gasteiger partial charge on any atom is -0.508 e. The van der Waals surface area contributed by atoms with Gasteiger partial charge in [0.05, 0.1) is 16.7 Å². The second kappa shape index (κ2) is 6.09. The van der Waals surface area contributed by atoms with Crippen LogP contribution in [0, 0.1) is 10.1 Å². The summed E-state index contributed by atoms with van der Waals surface area (Å²) in [5.74, 6) is 0.0571. The van der Waals surface area contributed by atoms with Crippen LogP contribution < -0.4 is 5.73 Å². The molecule has 0 aliphatic rings. The first-order valence-corrected chi connectivity index (χ1v) is 4.97. The molecule has 2 rings (SSSR count). The van der Waals surface area contributed by atoms with E-state index in [0.717, 1.165) is 6.07 Å². The van der Waals surface area contributed by atoms with Crippen molar-refractivity contribution >= 4 is 11.4 Å². The van der Waals surface area contributed by atoms with E-state index in [1.54, 1.807) is 24.3 Å². The molecule has 2 aromatic rings. The standard InChI is InChI=1S/C6H5NO3.C6H7NO/c8-6-3-1-2-5(4-6)7(9)10;7-5-3-1-2-4-6(5)8/h1-4,8H;1-4,8H,7H2. The molecular formula is C12H12N2O4. The topological polar surface area (TPSA) is 110 Å². The lowest BCUT2D eigenvalue weighted by Gasteiger charge is -1.92. The van der Waals surface area contributed by atoms with E-state index in [-0.39, 0.29) is 17.2 Å². The summed E-state index contributed by atoms with van der Waals surface area (Å²) < 4.78 is 0. The van der Waals surface area contributed by atoms with Crippen molar-refractivity contribution in [3.05, 3.63) is 58.6 Å². The first-order valence-electron chi connectivity index (χ1n) is 4.97. The van der Waals surface area contributed by atoms with E-state index in [0.29, 0.717) is 5.69 Å². The molecule has 0 atom stereocenters. The van der Waals surface area contributed by atoms with E-state index in [4.69, 9.17) is 15.9 Å². The second-order valence-electron chi connectivity index (χ2n) is 3.34. The van der Waals surface area contributed by atoms with Gasteiger partial charge >= 0.3 is 0 Å². The Morgan fingerprint density at radius 2 is 1.72 bits per heavy atom. The van der Waals surface area contributed by atoms with Gasteiger partial charge in [0.15, 0.2) is 0 Å². The number of phenols is 2. The van der Waals surface area contributed by atoms with Gasteiger partial charge in [-0.3, -0.25) is 10.1 Å². The third-order valence-corrected chi connectivity index (χ3v) is 1.98. The van der Waals surface area contributed by atoms with Gasteiger partial charge in [0.2, 0.25) is 0 Å². The zero-order valence-corrected chi connectivity index (χ0v) is 9.35. The van der Waals surface area contributed by atoms with Crippen LogP contribution in [0.3, 0.4) is 0 Å². The lowest BCUT2D eigenvalue weighted by Crippen LogP contribution is -1.85. The number of hydrogen-bond acceptors (Lipinski definition) is 5. The van der Waals surface area contributed by atoms with E-state index < -0.39 is 4.92 Å². The lowest BCUT2D eigenvalue weighted by molar-refractivity contribution is -0.384. The van der Waals surface area contributed by atoms with Crippen LogP contribution in [0.15, 0.2) is 48.5 Å². The molecule has 4 N–H and O–H groups in total. The number of hydrogen-bond donors (Lipinski definition) is 3. The molecule has 6 heteroatoms. The Hall–Kier alpha value is -2.76. The van der Waals surface area contributed by atoms with Crippen molar-refractivity contribution < 1.29 is 15.1 Å². The third kappa shape index (κ3) is 4.01. The van der Waals surface area contributed by atoms with Crippen LogP contribution in [0.4, 0.5) is 11.4 Å². The van der Waals surface area contributed by atoms with Gasteiger partial charge in [-0.2, -0.15) is 0 Å². The monoisotopic (exact) mass is 248 g/mol. The number of nitro groups is 1. The van der Waals surface area contributed by atoms with E-state index in [9.17, 15) is 10.1 Å². The molecule has 0 saturated heterocycles. The molecule has 0 aliphatic heterocycles. The minimum atomic E-state index is -0.556. The van der Waals surface area contributed by atoms with Crippen LogP contribution in [0.2, 0.25) is 0 Å². The molecule has 18 heavy (non-hydrogen) atoms. The van der Waals surface area contributed by atoms with Gasteiger partial charge < -0.3 is 15.9 Å². The zero-order valence-electron chi connectivity index (χ0n) is 9.35. The molecule has 0 saturated carbocycles. The number of non-ortho nitro benzene ring substituents is 1. The maximum Gasteiger partial charge on any atom is 0.273 e. The molecule has 0 amide bonds. The highest BCUT2D eigenvalue weighted by molar-refractivity contribution is 5.50. The average molecular weight is 248 g/mol. The summed E-state index contributed by atoms with van der Waals surface area (Å²) in [4.78, 5) is 9.49. The average Bonchev–Trinajstić information content (AvgIpc) is 2.34. The van der Waals surface area contributed by atoms with Crippen molar-refractivity contribution in [3.8, 4) is 11.5 Å². The molecule has 0 bridgehead atoms. The number of nitrogen functional groups attached to an aromatic ring is 1. The Bertz CT molecular complexity index is 522. The minimum absolute atomic E-state index is 0.0887. The molecule has 2 aromatic carbocycles. The van der Waals surface area contributed by atoms with E-state index in [1.807, 2.05) is 0 Å². The molecular weight excluding hydrogens is 236 g/mol. The summed E-state index contributed by atoms with van der Waals surface area (Å²) in [7, 11) is 0. The van der Waals surface area contributed by atoms with E-state index >= 15 is 0 Å². The number of para-hydroxylation sites is 2. The number of phenolic OH excluding ortho intramolecular Hbond substituents is 2. The van der Waals surface area contributed by atoms with Crippen molar-refractivity contribution in [2.24, 2.45) is 0 Å². The summed E-state index contributed by atoms with van der Waals surface area (Å²) in [6.07, 6.45) is 0. The number of nitrogens with zero attached hydrogens (tertiary/aromatic N) is 1. The molecule has 94 valence electrons. The lowest BCUT2D eigenvalue weighted by atomic mass is 10.3.